The van der Waals surface area contributed by atoms with Gasteiger partial charge >= 0.3 is 0 Å². The van der Waals surface area contributed by atoms with Gasteiger partial charge in [-0.25, -0.2) is 0 Å². The van der Waals surface area contributed by atoms with Crippen molar-refractivity contribution < 1.29 is 9.53 Å². The standard InChI is InChI=1S/C16H20N4O2/c1-11-14(8-20(2)19-11)16(21)18-15-10-22-9-13(15)7-12-3-5-17-6-4-12/h3-6,8,13,15H,7,9-10H2,1-2H3,(H,18,21)/t13-,15-/m1/s1. The fraction of sp³-hybridized carbons (Fsp3) is 0.438. The van der Waals surface area contributed by atoms with Gasteiger partial charge in [0.1, 0.15) is 0 Å². The Bertz CT molecular complexity index is 653. The number of hydrogen-bond acceptors (Lipinski definition) is 4. The zero-order valence-electron chi connectivity index (χ0n) is 12.8. The Hall–Kier alpha value is -2.21. The second-order valence-electron chi connectivity index (χ2n) is 5.74. The number of nitrogens with zero attached hydrogens (tertiary/aromatic N) is 3. The van der Waals surface area contributed by atoms with E-state index in [1.165, 1.54) is 5.56 Å². The average Bonchev–Trinajstić information content (AvgIpc) is 3.06. The topological polar surface area (TPSA) is 69.0 Å². The van der Waals surface area contributed by atoms with Gasteiger partial charge in [0.25, 0.3) is 5.91 Å². The Kier molecular flexibility index (Phi) is 4.20. The summed E-state index contributed by atoms with van der Waals surface area (Å²) < 4.78 is 7.22. The van der Waals surface area contributed by atoms with E-state index >= 15 is 0 Å². The molecular weight excluding hydrogens is 280 g/mol. The van der Waals surface area contributed by atoms with E-state index in [0.29, 0.717) is 18.8 Å². The quantitative estimate of drug-likeness (QED) is 0.918. The third kappa shape index (κ3) is 3.17. The Morgan fingerprint density at radius 3 is 2.86 bits per heavy atom. The zero-order valence-corrected chi connectivity index (χ0v) is 12.8. The van der Waals surface area contributed by atoms with Crippen LogP contribution in [-0.4, -0.2) is 39.9 Å². The van der Waals surface area contributed by atoms with Crippen molar-refractivity contribution in [2.75, 3.05) is 13.2 Å². The molecule has 0 aromatic carbocycles. The molecule has 0 radical (unpaired) electrons. The number of aryl methyl sites for hydroxylation is 2. The van der Waals surface area contributed by atoms with Crippen molar-refractivity contribution >= 4 is 5.91 Å². The molecule has 1 aliphatic heterocycles. The fourth-order valence-electron chi connectivity index (χ4n) is 2.85. The Morgan fingerprint density at radius 2 is 2.18 bits per heavy atom. The number of ether oxygens (including phenoxy) is 1. The molecule has 1 amide bonds. The van der Waals surface area contributed by atoms with Crippen molar-refractivity contribution in [2.45, 2.75) is 19.4 Å². The first-order valence-corrected chi connectivity index (χ1v) is 7.41. The highest BCUT2D eigenvalue weighted by Crippen LogP contribution is 2.19. The van der Waals surface area contributed by atoms with E-state index in [2.05, 4.69) is 15.4 Å². The van der Waals surface area contributed by atoms with Crippen molar-refractivity contribution in [3.05, 3.63) is 47.5 Å². The van der Waals surface area contributed by atoms with Crippen LogP contribution < -0.4 is 5.32 Å². The summed E-state index contributed by atoms with van der Waals surface area (Å²) in [6, 6.07) is 4.03. The first kappa shape index (κ1) is 14.7. The average molecular weight is 300 g/mol. The van der Waals surface area contributed by atoms with Crippen LogP contribution in [0.3, 0.4) is 0 Å². The Labute approximate surface area is 129 Å². The molecule has 116 valence electrons. The van der Waals surface area contributed by atoms with Crippen LogP contribution in [0.5, 0.6) is 0 Å². The van der Waals surface area contributed by atoms with E-state index in [-0.39, 0.29) is 17.9 Å². The first-order valence-electron chi connectivity index (χ1n) is 7.41. The van der Waals surface area contributed by atoms with Gasteiger partial charge in [-0.2, -0.15) is 5.10 Å². The van der Waals surface area contributed by atoms with Gasteiger partial charge in [0.2, 0.25) is 0 Å². The molecule has 22 heavy (non-hydrogen) atoms. The van der Waals surface area contributed by atoms with Crippen molar-refractivity contribution in [2.24, 2.45) is 13.0 Å². The van der Waals surface area contributed by atoms with Crippen LogP contribution in [0.4, 0.5) is 0 Å². The molecule has 1 fully saturated rings. The summed E-state index contributed by atoms with van der Waals surface area (Å²) in [6.07, 6.45) is 6.20. The number of nitrogens with one attached hydrogen (secondary N) is 1. The molecule has 3 rings (SSSR count). The molecule has 6 nitrogen and oxygen atoms in total. The molecule has 0 spiro atoms. The third-order valence-electron chi connectivity index (χ3n) is 4.02. The van der Waals surface area contributed by atoms with Gasteiger partial charge in [0.15, 0.2) is 0 Å². The molecular formula is C16H20N4O2. The Balaban J connectivity index is 1.66. The van der Waals surface area contributed by atoms with Crippen LogP contribution in [0.15, 0.2) is 30.7 Å². The molecule has 6 heteroatoms. The number of rotatable bonds is 4. The van der Waals surface area contributed by atoms with Crippen LogP contribution in [0.1, 0.15) is 21.6 Å². The summed E-state index contributed by atoms with van der Waals surface area (Å²) in [5.41, 5.74) is 2.57. The molecule has 1 aliphatic rings. The van der Waals surface area contributed by atoms with Gasteiger partial charge < -0.3 is 10.1 Å². The minimum Gasteiger partial charge on any atom is -0.379 e. The number of carbonyl (C=O) groups excluding carboxylic acids is 1. The van der Waals surface area contributed by atoms with E-state index in [4.69, 9.17) is 4.74 Å². The lowest BCUT2D eigenvalue weighted by atomic mass is 9.95. The first-order chi connectivity index (χ1) is 10.6. The predicted molar refractivity (Wildman–Crippen MR) is 81.4 cm³/mol. The molecule has 0 unspecified atom stereocenters. The number of carbonyl (C=O) groups is 1. The van der Waals surface area contributed by atoms with Gasteiger partial charge in [-0.05, 0) is 31.0 Å². The van der Waals surface area contributed by atoms with E-state index < -0.39 is 0 Å². The minimum absolute atomic E-state index is 0.0280. The number of hydrogen-bond donors (Lipinski definition) is 1. The molecule has 2 aromatic heterocycles. The molecule has 1 N–H and O–H groups in total. The van der Waals surface area contributed by atoms with Crippen molar-refractivity contribution in [3.63, 3.8) is 0 Å². The highest BCUT2D eigenvalue weighted by Gasteiger charge is 2.30. The molecule has 2 atom stereocenters. The van der Waals surface area contributed by atoms with E-state index in [1.54, 1.807) is 23.3 Å². The number of amides is 1. The van der Waals surface area contributed by atoms with Crippen molar-refractivity contribution in [1.29, 1.82) is 0 Å². The van der Waals surface area contributed by atoms with E-state index in [0.717, 1.165) is 12.1 Å². The van der Waals surface area contributed by atoms with E-state index in [9.17, 15) is 4.79 Å². The summed E-state index contributed by atoms with van der Waals surface area (Å²) in [6.45, 7) is 3.06. The molecule has 0 aliphatic carbocycles. The SMILES string of the molecule is Cc1nn(C)cc1C(=O)N[C@@H]1COC[C@H]1Cc1ccncc1. The summed E-state index contributed by atoms with van der Waals surface area (Å²) in [5.74, 6) is 0.198. The third-order valence-corrected chi connectivity index (χ3v) is 4.02. The normalized spacial score (nSPS) is 21.0. The highest BCUT2D eigenvalue weighted by atomic mass is 16.5. The van der Waals surface area contributed by atoms with Crippen LogP contribution >= 0.6 is 0 Å². The summed E-state index contributed by atoms with van der Waals surface area (Å²) in [7, 11) is 1.81. The smallest absolute Gasteiger partial charge is 0.255 e. The van der Waals surface area contributed by atoms with Gasteiger partial charge in [-0.3, -0.25) is 14.5 Å². The fourth-order valence-corrected chi connectivity index (χ4v) is 2.85. The van der Waals surface area contributed by atoms with Crippen LogP contribution in [-0.2, 0) is 18.2 Å². The molecule has 0 bridgehead atoms. The summed E-state index contributed by atoms with van der Waals surface area (Å²) in [4.78, 5) is 16.4. The second kappa shape index (κ2) is 6.27. The predicted octanol–water partition coefficient (Wildman–Crippen LogP) is 1.11. The molecule has 0 saturated carbocycles. The van der Waals surface area contributed by atoms with Gasteiger partial charge in [0.05, 0.1) is 30.5 Å². The maximum atomic E-state index is 12.4. The van der Waals surface area contributed by atoms with Crippen molar-refractivity contribution in [3.8, 4) is 0 Å². The van der Waals surface area contributed by atoms with Gasteiger partial charge in [-0.15, -0.1) is 0 Å². The molecule has 3 heterocycles. The lowest BCUT2D eigenvalue weighted by molar-refractivity contribution is 0.0924. The summed E-state index contributed by atoms with van der Waals surface area (Å²) in [5, 5.41) is 7.30. The van der Waals surface area contributed by atoms with Gasteiger partial charge in [0, 0.05) is 31.6 Å². The lowest BCUT2D eigenvalue weighted by Gasteiger charge is -2.19. The number of pyridine rings is 1. The van der Waals surface area contributed by atoms with Crippen molar-refractivity contribution in [1.82, 2.24) is 20.1 Å². The maximum absolute atomic E-state index is 12.4. The van der Waals surface area contributed by atoms with Gasteiger partial charge in [-0.1, -0.05) is 0 Å². The maximum Gasteiger partial charge on any atom is 0.255 e. The second-order valence-corrected chi connectivity index (χ2v) is 5.74. The van der Waals surface area contributed by atoms with E-state index in [1.807, 2.05) is 26.1 Å². The lowest BCUT2D eigenvalue weighted by Crippen LogP contribution is -2.40. The monoisotopic (exact) mass is 300 g/mol. The molecule has 2 aromatic rings. The van der Waals surface area contributed by atoms with Crippen LogP contribution in [0.25, 0.3) is 0 Å². The minimum atomic E-state index is -0.0826. The number of aromatic nitrogens is 3. The Morgan fingerprint density at radius 1 is 1.41 bits per heavy atom. The molecule has 1 saturated heterocycles. The summed E-state index contributed by atoms with van der Waals surface area (Å²) >= 11 is 0. The van der Waals surface area contributed by atoms with Crippen LogP contribution in [0, 0.1) is 12.8 Å². The highest BCUT2D eigenvalue weighted by molar-refractivity contribution is 5.95. The zero-order chi connectivity index (χ0) is 15.5. The van der Waals surface area contributed by atoms with Crippen LogP contribution in [0.2, 0.25) is 0 Å². The largest absolute Gasteiger partial charge is 0.379 e.